The Balaban J connectivity index is 2.29. The van der Waals surface area contributed by atoms with Crippen LogP contribution in [0.1, 0.15) is 5.56 Å². The normalized spacial score (nSPS) is 11.5. The summed E-state index contributed by atoms with van der Waals surface area (Å²) in [7, 11) is -1.84. The van der Waals surface area contributed by atoms with Crippen LogP contribution in [0, 0.1) is 0 Å². The van der Waals surface area contributed by atoms with Gasteiger partial charge in [-0.1, -0.05) is 35.5 Å². The molecule has 0 atom stereocenters. The highest BCUT2D eigenvalue weighted by molar-refractivity contribution is 6.72. The molecule has 0 amide bonds. The van der Waals surface area contributed by atoms with E-state index in [2.05, 4.69) is 5.16 Å². The summed E-state index contributed by atoms with van der Waals surface area (Å²) in [6.07, 6.45) is 1.07. The van der Waals surface area contributed by atoms with Crippen LogP contribution in [0.4, 0.5) is 0 Å². The van der Waals surface area contributed by atoms with Crippen molar-refractivity contribution in [2.24, 2.45) is 5.16 Å². The second-order valence-electron chi connectivity index (χ2n) is 4.53. The van der Waals surface area contributed by atoms with Gasteiger partial charge < -0.3 is 9.26 Å². The van der Waals surface area contributed by atoms with Gasteiger partial charge in [0, 0.05) is 0 Å². The van der Waals surface area contributed by atoms with Crippen molar-refractivity contribution in [3.63, 3.8) is 0 Å². The first-order valence-corrected chi connectivity index (χ1v) is 8.80. The van der Waals surface area contributed by atoms with Gasteiger partial charge in [-0.3, -0.25) is 0 Å². The van der Waals surface area contributed by atoms with E-state index in [4.69, 9.17) is 9.26 Å². The van der Waals surface area contributed by atoms with E-state index in [-0.39, 0.29) is 0 Å². The maximum absolute atomic E-state index is 11.3. The Morgan fingerprint density at radius 1 is 1.29 bits per heavy atom. The van der Waals surface area contributed by atoms with Crippen LogP contribution in [-0.4, -0.2) is 20.5 Å². The Morgan fingerprint density at radius 3 is 2.53 bits per heavy atom. The van der Waals surface area contributed by atoms with Gasteiger partial charge in [0.25, 0.3) is 0 Å². The van der Waals surface area contributed by atoms with Crippen LogP contribution in [0.3, 0.4) is 0 Å². The van der Waals surface area contributed by atoms with E-state index in [1.54, 1.807) is 0 Å². The van der Waals surface area contributed by atoms with Crippen molar-refractivity contribution in [3.05, 3.63) is 35.9 Å². The Bertz CT molecular complexity index is 384. The Hall–Kier alpha value is -1.62. The number of hydrogen-bond donors (Lipinski definition) is 0. The Labute approximate surface area is 102 Å². The number of hydrogen-bond acceptors (Lipinski definition) is 4. The topological polar surface area (TPSA) is 47.9 Å². The molecular weight excluding hydrogens is 234 g/mol. The third-order valence-corrected chi connectivity index (χ3v) is 2.53. The van der Waals surface area contributed by atoms with Crippen LogP contribution >= 0.6 is 0 Å². The molecule has 5 heteroatoms. The zero-order chi connectivity index (χ0) is 12.7. The first-order chi connectivity index (χ1) is 7.97. The minimum Gasteiger partial charge on any atom is -0.516 e. The molecule has 92 valence electrons. The highest BCUT2D eigenvalue weighted by atomic mass is 28.4. The van der Waals surface area contributed by atoms with Gasteiger partial charge in [0.05, 0.1) is 0 Å². The summed E-state index contributed by atoms with van der Waals surface area (Å²) in [5.41, 5.74) is 1.00. The molecule has 0 radical (unpaired) electrons. The summed E-state index contributed by atoms with van der Waals surface area (Å²) in [6, 6.07) is 9.62. The van der Waals surface area contributed by atoms with E-state index in [0.29, 0.717) is 6.61 Å². The molecule has 0 aliphatic carbocycles. The fourth-order valence-corrected chi connectivity index (χ4v) is 1.75. The minimum absolute atomic E-state index is 0.345. The first-order valence-electron chi connectivity index (χ1n) is 5.39. The molecule has 0 fully saturated rings. The summed E-state index contributed by atoms with van der Waals surface area (Å²) in [5.74, 6) is -0.447. The largest absolute Gasteiger partial charge is 0.516 e. The average molecular weight is 251 g/mol. The van der Waals surface area contributed by atoms with Gasteiger partial charge in [-0.15, -0.1) is 0 Å². The second kappa shape index (κ2) is 6.20. The number of carbonyl (C=O) groups is 1. The number of oxime groups is 1. The van der Waals surface area contributed by atoms with Gasteiger partial charge in [-0.2, -0.15) is 0 Å². The van der Waals surface area contributed by atoms with E-state index < -0.39 is 14.3 Å². The predicted octanol–water partition coefficient (Wildman–Crippen LogP) is 2.57. The third-order valence-electron chi connectivity index (χ3n) is 1.71. The third kappa shape index (κ3) is 6.52. The maximum Gasteiger partial charge on any atom is 0.339 e. The molecule has 1 aromatic rings. The molecule has 17 heavy (non-hydrogen) atoms. The van der Waals surface area contributed by atoms with Crippen molar-refractivity contribution in [1.29, 1.82) is 0 Å². The highest BCUT2D eigenvalue weighted by Crippen LogP contribution is 2.02. The fourth-order valence-electron chi connectivity index (χ4n) is 1.09. The van der Waals surface area contributed by atoms with Crippen molar-refractivity contribution >= 4 is 20.5 Å². The van der Waals surface area contributed by atoms with E-state index in [1.807, 2.05) is 50.0 Å². The molecular formula is C12H17NO3Si. The summed E-state index contributed by atoms with van der Waals surface area (Å²) >= 11 is 0. The van der Waals surface area contributed by atoms with Gasteiger partial charge in [-0.05, 0) is 25.2 Å². The van der Waals surface area contributed by atoms with E-state index in [1.165, 1.54) is 0 Å². The van der Waals surface area contributed by atoms with Crippen LogP contribution in [-0.2, 0) is 20.7 Å². The second-order valence-corrected chi connectivity index (χ2v) is 8.96. The van der Waals surface area contributed by atoms with Crippen LogP contribution in [0.2, 0.25) is 19.6 Å². The zero-order valence-corrected chi connectivity index (χ0v) is 11.3. The van der Waals surface area contributed by atoms with Crippen LogP contribution in [0.15, 0.2) is 35.5 Å². The van der Waals surface area contributed by atoms with Crippen LogP contribution in [0.5, 0.6) is 0 Å². The van der Waals surface area contributed by atoms with Gasteiger partial charge in [0.1, 0.15) is 12.8 Å². The lowest BCUT2D eigenvalue weighted by Crippen LogP contribution is -2.29. The van der Waals surface area contributed by atoms with Gasteiger partial charge >= 0.3 is 5.97 Å². The predicted molar refractivity (Wildman–Crippen MR) is 69.2 cm³/mol. The molecule has 1 rings (SSSR count). The average Bonchev–Trinajstić information content (AvgIpc) is 2.23. The highest BCUT2D eigenvalue weighted by Gasteiger charge is 2.18. The molecule has 0 unspecified atom stereocenters. The standard InChI is InChI=1S/C12H17NO3Si/c1-17(2,3)16-12(14)9-13-15-10-11-7-5-4-6-8-11/h4-9H,10H2,1-3H3/b13-9+. The van der Waals surface area contributed by atoms with Crippen molar-refractivity contribution in [1.82, 2.24) is 0 Å². The molecule has 0 spiro atoms. The number of carbonyl (C=O) groups excluding carboxylic acids is 1. The number of rotatable bonds is 5. The molecule has 0 aliphatic heterocycles. The van der Waals surface area contributed by atoms with Crippen molar-refractivity contribution in [2.45, 2.75) is 26.2 Å². The molecule has 0 aromatic heterocycles. The first kappa shape index (κ1) is 13.4. The fraction of sp³-hybridized carbons (Fsp3) is 0.333. The van der Waals surface area contributed by atoms with Crippen LogP contribution in [0.25, 0.3) is 0 Å². The maximum atomic E-state index is 11.3. The Kier molecular flexibility index (Phi) is 4.90. The molecule has 4 nitrogen and oxygen atoms in total. The van der Waals surface area contributed by atoms with Crippen molar-refractivity contribution in [2.75, 3.05) is 0 Å². The lowest BCUT2D eigenvalue weighted by Gasteiger charge is -2.14. The minimum atomic E-state index is -1.84. The molecule has 0 aliphatic rings. The van der Waals surface area contributed by atoms with E-state index in [0.717, 1.165) is 11.8 Å². The lowest BCUT2D eigenvalue weighted by atomic mass is 10.2. The zero-order valence-electron chi connectivity index (χ0n) is 10.3. The summed E-state index contributed by atoms with van der Waals surface area (Å²) in [6.45, 7) is 6.15. The molecule has 0 bridgehead atoms. The Morgan fingerprint density at radius 2 is 1.94 bits per heavy atom. The summed E-state index contributed by atoms with van der Waals surface area (Å²) < 4.78 is 5.16. The summed E-state index contributed by atoms with van der Waals surface area (Å²) in [5, 5.41) is 3.57. The molecule has 0 saturated carbocycles. The molecule has 0 heterocycles. The summed E-state index contributed by atoms with van der Waals surface area (Å²) in [4.78, 5) is 16.2. The quantitative estimate of drug-likeness (QED) is 0.459. The van der Waals surface area contributed by atoms with Crippen molar-refractivity contribution in [3.8, 4) is 0 Å². The van der Waals surface area contributed by atoms with Gasteiger partial charge in [-0.25, -0.2) is 4.79 Å². The number of nitrogens with zero attached hydrogens (tertiary/aromatic N) is 1. The monoisotopic (exact) mass is 251 g/mol. The molecule has 0 N–H and O–H groups in total. The van der Waals surface area contributed by atoms with Crippen molar-refractivity contribution < 1.29 is 14.1 Å². The SMILES string of the molecule is C[Si](C)(C)OC(=O)/C=N/OCc1ccccc1. The van der Waals surface area contributed by atoms with Gasteiger partial charge in [0.2, 0.25) is 8.32 Å². The smallest absolute Gasteiger partial charge is 0.339 e. The lowest BCUT2D eigenvalue weighted by molar-refractivity contribution is -0.127. The van der Waals surface area contributed by atoms with E-state index in [9.17, 15) is 4.79 Å². The van der Waals surface area contributed by atoms with E-state index >= 15 is 0 Å². The molecule has 1 aromatic carbocycles. The molecule has 0 saturated heterocycles. The number of benzene rings is 1. The van der Waals surface area contributed by atoms with Crippen LogP contribution < -0.4 is 0 Å². The van der Waals surface area contributed by atoms with Gasteiger partial charge in [0.15, 0.2) is 0 Å².